The fourth-order valence-corrected chi connectivity index (χ4v) is 1.80. The molecule has 14 heavy (non-hydrogen) atoms. The Hall–Kier alpha value is -1.10. The Morgan fingerprint density at radius 2 is 2.36 bits per heavy atom. The van der Waals surface area contributed by atoms with E-state index in [9.17, 15) is 4.79 Å². The minimum absolute atomic E-state index is 0.0679. The standard InChI is InChI=1S/C9H16N4O/c10-6-2-5-8-11-12-9(14)13(8)7-3-1-4-7/h7H,1-6,10H2,(H,12,14). The van der Waals surface area contributed by atoms with Crippen LogP contribution in [0, 0.1) is 0 Å². The van der Waals surface area contributed by atoms with Gasteiger partial charge in [-0.05, 0) is 32.2 Å². The van der Waals surface area contributed by atoms with Gasteiger partial charge in [0.05, 0.1) is 0 Å². The molecule has 0 saturated heterocycles. The molecule has 0 radical (unpaired) electrons. The van der Waals surface area contributed by atoms with Gasteiger partial charge in [0.2, 0.25) is 0 Å². The zero-order chi connectivity index (χ0) is 9.97. The molecule has 78 valence electrons. The van der Waals surface area contributed by atoms with Gasteiger partial charge in [0, 0.05) is 12.5 Å². The summed E-state index contributed by atoms with van der Waals surface area (Å²) < 4.78 is 1.80. The average molecular weight is 196 g/mol. The number of aromatic nitrogens is 3. The zero-order valence-electron chi connectivity index (χ0n) is 8.20. The summed E-state index contributed by atoms with van der Waals surface area (Å²) in [6.45, 7) is 0.645. The first kappa shape index (κ1) is 9.45. The summed E-state index contributed by atoms with van der Waals surface area (Å²) in [6, 6.07) is 0.383. The SMILES string of the molecule is NCCCc1n[nH]c(=O)n1C1CCC1. The van der Waals surface area contributed by atoms with E-state index in [-0.39, 0.29) is 5.69 Å². The molecule has 3 N–H and O–H groups in total. The molecular weight excluding hydrogens is 180 g/mol. The van der Waals surface area contributed by atoms with Crippen molar-refractivity contribution in [3.8, 4) is 0 Å². The molecule has 1 aliphatic rings. The fraction of sp³-hybridized carbons (Fsp3) is 0.778. The van der Waals surface area contributed by atoms with Crippen LogP contribution in [0.15, 0.2) is 4.79 Å². The molecule has 1 saturated carbocycles. The van der Waals surface area contributed by atoms with Gasteiger partial charge in [0.15, 0.2) is 0 Å². The molecular formula is C9H16N4O. The van der Waals surface area contributed by atoms with Crippen molar-refractivity contribution >= 4 is 0 Å². The summed E-state index contributed by atoms with van der Waals surface area (Å²) in [5.74, 6) is 0.866. The van der Waals surface area contributed by atoms with E-state index in [1.54, 1.807) is 4.57 Å². The maximum absolute atomic E-state index is 11.5. The Kier molecular flexibility index (Phi) is 2.67. The first-order valence-corrected chi connectivity index (χ1v) is 5.19. The van der Waals surface area contributed by atoms with Crippen molar-refractivity contribution in [3.63, 3.8) is 0 Å². The van der Waals surface area contributed by atoms with Crippen molar-refractivity contribution in [1.29, 1.82) is 0 Å². The molecule has 1 fully saturated rings. The molecule has 0 amide bonds. The minimum Gasteiger partial charge on any atom is -0.330 e. The van der Waals surface area contributed by atoms with E-state index in [4.69, 9.17) is 5.73 Å². The predicted octanol–water partition coefficient (Wildman–Crippen LogP) is 0.188. The molecule has 0 bridgehead atoms. The smallest absolute Gasteiger partial charge is 0.330 e. The van der Waals surface area contributed by atoms with E-state index in [2.05, 4.69) is 10.2 Å². The number of nitrogens with two attached hydrogens (primary N) is 1. The van der Waals surface area contributed by atoms with Crippen LogP contribution < -0.4 is 11.4 Å². The van der Waals surface area contributed by atoms with Crippen LogP contribution in [0.25, 0.3) is 0 Å². The molecule has 1 aromatic rings. The first-order chi connectivity index (χ1) is 6.83. The number of H-pyrrole nitrogens is 1. The van der Waals surface area contributed by atoms with Gasteiger partial charge in [-0.3, -0.25) is 4.57 Å². The van der Waals surface area contributed by atoms with Crippen molar-refractivity contribution in [2.24, 2.45) is 5.73 Å². The molecule has 1 aromatic heterocycles. The van der Waals surface area contributed by atoms with E-state index in [0.29, 0.717) is 12.6 Å². The summed E-state index contributed by atoms with van der Waals surface area (Å²) in [7, 11) is 0. The van der Waals surface area contributed by atoms with Gasteiger partial charge < -0.3 is 5.73 Å². The number of aromatic amines is 1. The van der Waals surface area contributed by atoms with Crippen LogP contribution in [0.4, 0.5) is 0 Å². The molecule has 0 spiro atoms. The summed E-state index contributed by atoms with van der Waals surface area (Å²) in [4.78, 5) is 11.5. The fourth-order valence-electron chi connectivity index (χ4n) is 1.80. The predicted molar refractivity (Wildman–Crippen MR) is 53.1 cm³/mol. The molecule has 0 aromatic carbocycles. The Bertz CT molecular complexity index is 350. The molecule has 1 heterocycles. The van der Waals surface area contributed by atoms with Gasteiger partial charge in [-0.1, -0.05) is 0 Å². The van der Waals surface area contributed by atoms with Crippen molar-refractivity contribution in [2.45, 2.75) is 38.1 Å². The van der Waals surface area contributed by atoms with Gasteiger partial charge in [-0.2, -0.15) is 5.10 Å². The molecule has 5 nitrogen and oxygen atoms in total. The second-order valence-electron chi connectivity index (χ2n) is 3.79. The van der Waals surface area contributed by atoms with Crippen LogP contribution >= 0.6 is 0 Å². The quantitative estimate of drug-likeness (QED) is 0.721. The van der Waals surface area contributed by atoms with E-state index >= 15 is 0 Å². The van der Waals surface area contributed by atoms with Crippen LogP contribution in [0.5, 0.6) is 0 Å². The van der Waals surface area contributed by atoms with Crippen LogP contribution in [0.3, 0.4) is 0 Å². The molecule has 0 aliphatic heterocycles. The first-order valence-electron chi connectivity index (χ1n) is 5.19. The molecule has 5 heteroatoms. The van der Waals surface area contributed by atoms with Gasteiger partial charge in [0.1, 0.15) is 5.82 Å². The van der Waals surface area contributed by atoms with Gasteiger partial charge in [-0.15, -0.1) is 0 Å². The van der Waals surface area contributed by atoms with E-state index in [0.717, 1.165) is 31.5 Å². The Labute approximate surface area is 82.3 Å². The highest BCUT2D eigenvalue weighted by Gasteiger charge is 2.23. The lowest BCUT2D eigenvalue weighted by Gasteiger charge is -2.26. The summed E-state index contributed by atoms with van der Waals surface area (Å²) in [5, 5.41) is 6.54. The Balaban J connectivity index is 2.17. The average Bonchev–Trinajstić information content (AvgIpc) is 2.43. The van der Waals surface area contributed by atoms with E-state index in [1.165, 1.54) is 6.42 Å². The van der Waals surface area contributed by atoms with Gasteiger partial charge in [-0.25, -0.2) is 9.89 Å². The van der Waals surface area contributed by atoms with Gasteiger partial charge >= 0.3 is 5.69 Å². The lowest BCUT2D eigenvalue weighted by molar-refractivity contribution is 0.299. The lowest BCUT2D eigenvalue weighted by Crippen LogP contribution is -2.28. The maximum atomic E-state index is 11.5. The van der Waals surface area contributed by atoms with E-state index in [1.807, 2.05) is 0 Å². The van der Waals surface area contributed by atoms with Gasteiger partial charge in [0.25, 0.3) is 0 Å². The summed E-state index contributed by atoms with van der Waals surface area (Å²) >= 11 is 0. The molecule has 0 unspecified atom stereocenters. The molecule has 1 aliphatic carbocycles. The van der Waals surface area contributed by atoms with Crippen LogP contribution in [0.2, 0.25) is 0 Å². The molecule has 0 atom stereocenters. The zero-order valence-corrected chi connectivity index (χ0v) is 8.20. The second kappa shape index (κ2) is 3.96. The monoisotopic (exact) mass is 196 g/mol. The number of nitrogens with one attached hydrogen (secondary N) is 1. The highest BCUT2D eigenvalue weighted by Crippen LogP contribution is 2.30. The van der Waals surface area contributed by atoms with Crippen LogP contribution in [0.1, 0.15) is 37.5 Å². The van der Waals surface area contributed by atoms with Crippen molar-refractivity contribution < 1.29 is 0 Å². The minimum atomic E-state index is -0.0679. The maximum Gasteiger partial charge on any atom is 0.343 e. The Morgan fingerprint density at radius 1 is 1.57 bits per heavy atom. The number of hydrogen-bond donors (Lipinski definition) is 2. The summed E-state index contributed by atoms with van der Waals surface area (Å²) in [6.07, 6.45) is 5.12. The summed E-state index contributed by atoms with van der Waals surface area (Å²) in [5.41, 5.74) is 5.36. The Morgan fingerprint density at radius 3 is 2.93 bits per heavy atom. The van der Waals surface area contributed by atoms with Crippen LogP contribution in [-0.4, -0.2) is 21.3 Å². The highest BCUT2D eigenvalue weighted by molar-refractivity contribution is 4.93. The third-order valence-electron chi connectivity index (χ3n) is 2.82. The number of rotatable bonds is 4. The van der Waals surface area contributed by atoms with Crippen molar-refractivity contribution in [1.82, 2.24) is 14.8 Å². The highest BCUT2D eigenvalue weighted by atomic mass is 16.1. The number of nitrogens with zero attached hydrogens (tertiary/aromatic N) is 2. The normalized spacial score (nSPS) is 16.9. The third-order valence-corrected chi connectivity index (χ3v) is 2.82. The number of hydrogen-bond acceptors (Lipinski definition) is 3. The second-order valence-corrected chi connectivity index (χ2v) is 3.79. The van der Waals surface area contributed by atoms with E-state index < -0.39 is 0 Å². The van der Waals surface area contributed by atoms with Crippen LogP contribution in [-0.2, 0) is 6.42 Å². The van der Waals surface area contributed by atoms with Crippen molar-refractivity contribution in [3.05, 3.63) is 16.3 Å². The lowest BCUT2D eigenvalue weighted by atomic mass is 9.93. The third kappa shape index (κ3) is 1.59. The largest absolute Gasteiger partial charge is 0.343 e. The number of aryl methyl sites for hydroxylation is 1. The van der Waals surface area contributed by atoms with Crippen molar-refractivity contribution in [2.75, 3.05) is 6.54 Å². The topological polar surface area (TPSA) is 76.7 Å². The molecule has 2 rings (SSSR count).